The number of carbonyl (C=O) groups excluding carboxylic acids is 14. The highest BCUT2D eigenvalue weighted by molar-refractivity contribution is 6.75. The molecule has 0 aliphatic carbocycles. The molecule has 4 aromatic carbocycles. The fourth-order valence-corrected chi connectivity index (χ4v) is 18.7. The normalized spacial score (nSPS) is 17.4. The maximum absolute atomic E-state index is 13.0. The number of alkyl carbamates (subject to hydrolysis) is 4. The number of rotatable bonds is 42. The summed E-state index contributed by atoms with van der Waals surface area (Å²) in [4.78, 5) is 175. The third-order valence-corrected chi connectivity index (χ3v) is 44.7. The summed E-state index contributed by atoms with van der Waals surface area (Å²) >= 11 is 0. The van der Waals surface area contributed by atoms with Crippen LogP contribution in [-0.2, 0) is 130 Å². The van der Waals surface area contributed by atoms with Crippen LogP contribution < -0.4 is 21.3 Å². The summed E-state index contributed by atoms with van der Waals surface area (Å²) in [5.74, 6) is -4.77. The highest BCUT2D eigenvalue weighted by Gasteiger charge is 2.49. The second-order valence-electron chi connectivity index (χ2n) is 41.9. The van der Waals surface area contributed by atoms with Crippen LogP contribution in [0.4, 0.5) is 19.2 Å². The molecule has 4 aromatic rings. The Balaban J connectivity index is 0.000000378. The summed E-state index contributed by atoms with van der Waals surface area (Å²) in [7, 11) is -7.66. The number of aliphatic hydroxyl groups is 1. The molecule has 40 heteroatoms. The van der Waals surface area contributed by atoms with Crippen molar-refractivity contribution in [2.75, 3.05) is 131 Å². The molecule has 0 radical (unpaired) electrons. The number of amides is 9. The number of unbranched alkanes of at least 4 members (excludes halogenated alkanes) is 2. The molecule has 806 valence electrons. The average Bonchev–Trinajstić information content (AvgIpc) is 1.64. The van der Waals surface area contributed by atoms with Gasteiger partial charge in [0.25, 0.3) is 0 Å². The predicted octanol–water partition coefficient (Wildman–Crippen LogP) is 14.7. The highest BCUT2D eigenvalue weighted by atomic mass is 28.4. The molecule has 0 bridgehead atoms. The van der Waals surface area contributed by atoms with Crippen molar-refractivity contribution in [2.45, 2.75) is 273 Å². The summed E-state index contributed by atoms with van der Waals surface area (Å²) in [6, 6.07) is 37.1. The topological polar surface area (TPSA) is 434 Å². The smallest absolute Gasteiger partial charge is 0.407 e. The van der Waals surface area contributed by atoms with Crippen LogP contribution in [0.25, 0.3) is 0 Å². The molecular formula is C104H167N9O27Si4. The van der Waals surface area contributed by atoms with Crippen molar-refractivity contribution >= 4 is 117 Å². The molecule has 4 fully saturated rings. The molecule has 9 amide bonds. The summed E-state index contributed by atoms with van der Waals surface area (Å²) in [5.41, 5.74) is 3.47. The second-order valence-corrected chi connectivity index (χ2v) is 61.1. The van der Waals surface area contributed by atoms with Crippen LogP contribution in [0.5, 0.6) is 0 Å². The van der Waals surface area contributed by atoms with E-state index in [-0.39, 0.29) is 192 Å². The lowest BCUT2D eigenvalue weighted by atomic mass is 10.1. The molecule has 0 spiro atoms. The first-order valence-corrected chi connectivity index (χ1v) is 61.7. The van der Waals surface area contributed by atoms with E-state index in [0.717, 1.165) is 35.2 Å². The molecule has 4 heterocycles. The zero-order valence-corrected chi connectivity index (χ0v) is 94.1. The number of esters is 4. The van der Waals surface area contributed by atoms with Crippen LogP contribution in [0.3, 0.4) is 0 Å². The first-order chi connectivity index (χ1) is 67.4. The van der Waals surface area contributed by atoms with Gasteiger partial charge in [-0.2, -0.15) is 0 Å². The van der Waals surface area contributed by atoms with Crippen LogP contribution in [0.2, 0.25) is 72.5 Å². The van der Waals surface area contributed by atoms with Gasteiger partial charge in [0.15, 0.2) is 39.1 Å². The lowest BCUT2D eigenvalue weighted by molar-refractivity contribution is -0.151. The number of hydrogen-bond acceptors (Lipinski definition) is 27. The van der Waals surface area contributed by atoms with E-state index in [2.05, 4.69) is 157 Å². The largest absolute Gasteiger partial charge is 0.466 e. The van der Waals surface area contributed by atoms with E-state index < -0.39 is 111 Å². The molecule has 1 unspecified atom stereocenters. The Morgan fingerprint density at radius 1 is 0.382 bits per heavy atom. The zero-order chi connectivity index (χ0) is 108. The van der Waals surface area contributed by atoms with Crippen LogP contribution in [0, 0.1) is 23.7 Å². The van der Waals surface area contributed by atoms with Crippen molar-refractivity contribution in [2.24, 2.45) is 23.7 Å². The van der Waals surface area contributed by atoms with E-state index in [4.69, 9.17) is 55.6 Å². The fourth-order valence-electron chi connectivity index (χ4n) is 13.8. The Morgan fingerprint density at radius 2 is 0.729 bits per heavy atom. The molecule has 8 rings (SSSR count). The van der Waals surface area contributed by atoms with Gasteiger partial charge in [-0.15, -0.1) is 0 Å². The second kappa shape index (κ2) is 61.2. The standard InChI is InChI=1S/C27H48N2O5Si2.C23H34N2O7.C20H43NO3Si2.C17H22N2O6.C17H20N2O6/c1-26(2,3)35(7,8)33-20-22-17-29(18-23(22)34-36(9,10)27(4,5)6)24(30)16-28-25(31)32-19-21-14-12-11-13-15-21;1-3-30-21(27)14-16-25(17-22(28)31-4-2)20(26)13-9-6-10-15-24-23(29)32-18-19-11-7-5-8-12-19;1-12-18(22)21-13-16(15-23-25(8,9)19(2,3)4)17(14-21)24-26(10,11)20(5,6)7;2*1-2-24-16(22)13-9-19(10-14(13)20)15(21)8-18-17(23)25-11-12-6-4-3-5-7-12/h11-15,22-23H,16-20H2,1-10H3,(H,28,31);5,7-8,11-12H,3-4,6,9-10,13-18H2,1-2H3,(H,24,29);16-17H,12-15H2,1-11H3;3-7,13-14,20H,2,8-11H2,1H3,(H,18,23);3-7,13H,2,8-11H2,1H3,(H,18,23)/t22-,23-;;16-,17-;13-,14+;/m0.01./s1. The van der Waals surface area contributed by atoms with Gasteiger partial charge in [-0.05, 0) is 135 Å². The first-order valence-electron chi connectivity index (χ1n) is 50.1. The molecular weight excluding hydrogens is 1920 g/mol. The van der Waals surface area contributed by atoms with Crippen molar-refractivity contribution in [1.82, 2.24) is 45.8 Å². The molecule has 36 nitrogen and oxygen atoms in total. The van der Waals surface area contributed by atoms with Gasteiger partial charge in [0, 0.05) is 96.8 Å². The minimum absolute atomic E-state index is 0.0218. The van der Waals surface area contributed by atoms with Gasteiger partial charge >= 0.3 is 48.3 Å². The number of benzene rings is 4. The van der Waals surface area contributed by atoms with E-state index in [9.17, 15) is 72.2 Å². The van der Waals surface area contributed by atoms with Gasteiger partial charge in [0.1, 0.15) is 64.4 Å². The molecule has 4 aliphatic rings. The summed E-state index contributed by atoms with van der Waals surface area (Å²) in [6.07, 6.45) is -0.653. The first kappa shape index (κ1) is 126. The van der Waals surface area contributed by atoms with Crippen molar-refractivity contribution in [3.8, 4) is 0 Å². The molecule has 5 N–H and O–H groups in total. The molecule has 7 atom stereocenters. The zero-order valence-electron chi connectivity index (χ0n) is 90.1. The Bertz CT molecular complexity index is 4670. The van der Waals surface area contributed by atoms with Crippen molar-refractivity contribution < 1.29 is 128 Å². The summed E-state index contributed by atoms with van der Waals surface area (Å²) in [6.45, 7) is 58.6. The monoisotopic (exact) mass is 2090 g/mol. The van der Waals surface area contributed by atoms with E-state index >= 15 is 0 Å². The third kappa shape index (κ3) is 45.3. The number of nitrogens with zero attached hydrogens (tertiary/aromatic N) is 5. The van der Waals surface area contributed by atoms with Crippen LogP contribution in [-0.4, -0.2) is 296 Å². The van der Waals surface area contributed by atoms with Gasteiger partial charge in [-0.25, -0.2) is 19.2 Å². The number of nitrogens with one attached hydrogen (secondary N) is 4. The minimum Gasteiger partial charge on any atom is -0.466 e. The molecule has 4 saturated heterocycles. The Labute approximate surface area is 857 Å². The fraction of sp³-hybridized carbons (Fsp3) is 0.635. The van der Waals surface area contributed by atoms with Gasteiger partial charge in [-0.1, -0.05) is 218 Å². The van der Waals surface area contributed by atoms with Crippen molar-refractivity contribution in [3.63, 3.8) is 0 Å². The number of β-amino-alcohol motifs (C(OH)–C–C–N with tert-alkyl or cyclic N) is 1. The van der Waals surface area contributed by atoms with Gasteiger partial charge in [0.05, 0.1) is 57.7 Å². The average molecular weight is 2090 g/mol. The summed E-state index contributed by atoms with van der Waals surface area (Å²) < 4.78 is 66.4. The van der Waals surface area contributed by atoms with E-state index in [1.54, 1.807) is 32.6 Å². The minimum atomic E-state index is -2.04. The lowest BCUT2D eigenvalue weighted by Gasteiger charge is -2.40. The van der Waals surface area contributed by atoms with Gasteiger partial charge < -0.3 is 106 Å². The number of aliphatic hydroxyl groups excluding tert-OH is 1. The Hall–Kier alpha value is -10.5. The van der Waals surface area contributed by atoms with Gasteiger partial charge in [0.2, 0.25) is 29.5 Å². The number of ether oxygens (including phenoxy) is 8. The molecule has 144 heavy (non-hydrogen) atoms. The molecule has 4 aliphatic heterocycles. The highest BCUT2D eigenvalue weighted by Crippen LogP contribution is 2.43. The predicted molar refractivity (Wildman–Crippen MR) is 557 cm³/mol. The quantitative estimate of drug-likeness (QED) is 0.00904. The van der Waals surface area contributed by atoms with Crippen LogP contribution in [0.1, 0.15) is 178 Å². The number of carbonyl (C=O) groups is 14. The van der Waals surface area contributed by atoms with E-state index in [1.165, 1.54) is 14.7 Å². The van der Waals surface area contributed by atoms with Crippen LogP contribution >= 0.6 is 0 Å². The third-order valence-electron chi connectivity index (χ3n) is 26.7. The molecule has 0 aromatic heterocycles. The lowest BCUT2D eigenvalue weighted by Crippen LogP contribution is -2.48. The van der Waals surface area contributed by atoms with Crippen LogP contribution in [0.15, 0.2) is 121 Å². The van der Waals surface area contributed by atoms with Gasteiger partial charge in [-0.3, -0.25) is 47.9 Å². The van der Waals surface area contributed by atoms with Crippen molar-refractivity contribution in [1.29, 1.82) is 0 Å². The van der Waals surface area contributed by atoms with E-state index in [1.807, 2.05) is 133 Å². The number of hydrogen-bond donors (Lipinski definition) is 5. The maximum atomic E-state index is 13.0. The maximum Gasteiger partial charge on any atom is 0.407 e. The Morgan fingerprint density at radius 3 is 1.10 bits per heavy atom. The SMILES string of the molecule is CC(C)(C)[Si](C)(C)OC[C@@H]1CN(C(=O)CNC(=O)OCc2ccccc2)C[C@@H]1O[Si](C)(C)C(C)(C)C.CCC(=O)N1C[C@@H](CO[Si](C)(C)C(C)(C)C)[C@@H](O[Si](C)(C)C(C)(C)C)C1.CCOC(=O)C1CN(C(=O)CNC(=O)OCc2ccccc2)CC1=O.CCOC(=O)CCN(CC(=O)OCC)C(=O)CCCCCNC(=O)OCc1ccccc1.CCOC(=O)[C@@H]1CN(C(=O)CNC(=O)OCc2ccccc2)C[C@@H]1O. The van der Waals surface area contributed by atoms with Crippen molar-refractivity contribution in [3.05, 3.63) is 144 Å². The Kier molecular flexibility index (Phi) is 53.5. The number of Topliss-reactive ketones (excluding diaryl/α,β-unsaturated/α-hetero) is 1. The number of ketones is 1. The number of likely N-dealkylation sites (tertiary alicyclic amines) is 4. The summed E-state index contributed by atoms with van der Waals surface area (Å²) in [5, 5.41) is 20.4. The van der Waals surface area contributed by atoms with E-state index in [0.29, 0.717) is 58.7 Å². The molecule has 0 saturated carbocycles.